The van der Waals surface area contributed by atoms with E-state index in [0.29, 0.717) is 58.1 Å². The van der Waals surface area contributed by atoms with Crippen molar-refractivity contribution in [3.05, 3.63) is 42.7 Å². The van der Waals surface area contributed by atoms with E-state index in [0.717, 1.165) is 10.6 Å². The Balaban J connectivity index is 1.13. The Morgan fingerprint density at radius 2 is 1.55 bits per heavy atom. The van der Waals surface area contributed by atoms with Crippen LogP contribution in [0.2, 0.25) is 0 Å². The quantitative estimate of drug-likeness (QED) is 0.684. The number of hydrogen-bond acceptors (Lipinski definition) is 7. The molecule has 0 aliphatic carbocycles. The van der Waals surface area contributed by atoms with Gasteiger partial charge in [0.2, 0.25) is 23.7 Å². The zero-order chi connectivity index (χ0) is 22.8. The lowest BCUT2D eigenvalue weighted by molar-refractivity contribution is -0.141. The number of hydrogen-bond donors (Lipinski definition) is 1. The summed E-state index contributed by atoms with van der Waals surface area (Å²) in [6.45, 7) is 3.71. The van der Waals surface area contributed by atoms with E-state index in [9.17, 15) is 14.4 Å². The first-order valence-corrected chi connectivity index (χ1v) is 12.1. The summed E-state index contributed by atoms with van der Waals surface area (Å²) in [5, 5.41) is 2.06. The van der Waals surface area contributed by atoms with Gasteiger partial charge in [-0.15, -0.1) is 11.8 Å². The Morgan fingerprint density at radius 3 is 2.27 bits per heavy atom. The van der Waals surface area contributed by atoms with E-state index >= 15 is 0 Å². The molecule has 0 saturated carbocycles. The highest BCUT2D eigenvalue weighted by Crippen LogP contribution is 2.36. The maximum atomic E-state index is 13.1. The summed E-state index contributed by atoms with van der Waals surface area (Å²) in [6.07, 6.45) is 4.71. The van der Waals surface area contributed by atoms with Crippen LogP contribution in [0.4, 0.5) is 11.6 Å². The summed E-state index contributed by atoms with van der Waals surface area (Å²) in [5.74, 6) is 0.330. The van der Waals surface area contributed by atoms with E-state index in [4.69, 9.17) is 0 Å². The van der Waals surface area contributed by atoms with E-state index in [2.05, 4.69) is 20.2 Å². The fraction of sp³-hybridized carbons (Fsp3) is 0.435. The van der Waals surface area contributed by atoms with E-state index in [1.807, 2.05) is 29.2 Å². The van der Waals surface area contributed by atoms with E-state index in [-0.39, 0.29) is 23.6 Å². The monoisotopic (exact) mass is 466 g/mol. The van der Waals surface area contributed by atoms with Gasteiger partial charge in [-0.1, -0.05) is 12.1 Å². The number of rotatable bonds is 3. The van der Waals surface area contributed by atoms with Crippen molar-refractivity contribution in [2.24, 2.45) is 5.92 Å². The van der Waals surface area contributed by atoms with E-state index in [1.54, 1.807) is 23.4 Å². The fourth-order valence-electron chi connectivity index (χ4n) is 4.57. The number of piperidine rings is 1. The topological polar surface area (TPSA) is 98.7 Å². The van der Waals surface area contributed by atoms with Crippen LogP contribution in [0.1, 0.15) is 12.8 Å². The summed E-state index contributed by atoms with van der Waals surface area (Å²) in [4.78, 5) is 53.8. The molecule has 9 nitrogen and oxygen atoms in total. The van der Waals surface area contributed by atoms with Gasteiger partial charge in [0.15, 0.2) is 5.25 Å². The molecule has 0 spiro atoms. The van der Waals surface area contributed by atoms with Gasteiger partial charge in [-0.05, 0) is 31.0 Å². The number of nitrogens with one attached hydrogen (secondary N) is 1. The molecule has 1 aromatic carbocycles. The van der Waals surface area contributed by atoms with Crippen LogP contribution >= 0.6 is 11.8 Å². The van der Waals surface area contributed by atoms with Crippen LogP contribution < -0.4 is 10.2 Å². The summed E-state index contributed by atoms with van der Waals surface area (Å²) >= 11 is 1.30. The van der Waals surface area contributed by atoms with Crippen molar-refractivity contribution in [3.63, 3.8) is 0 Å². The van der Waals surface area contributed by atoms with Gasteiger partial charge in [-0.3, -0.25) is 14.4 Å². The Hall–Kier alpha value is -3.14. The third-order valence-electron chi connectivity index (χ3n) is 6.43. The van der Waals surface area contributed by atoms with Crippen LogP contribution in [0, 0.1) is 5.92 Å². The van der Waals surface area contributed by atoms with Gasteiger partial charge in [-0.2, -0.15) is 0 Å². The van der Waals surface area contributed by atoms with Crippen molar-refractivity contribution in [1.29, 1.82) is 0 Å². The molecule has 3 aliphatic rings. The first-order valence-electron chi connectivity index (χ1n) is 11.3. The van der Waals surface area contributed by atoms with Crippen molar-refractivity contribution in [3.8, 4) is 0 Å². The lowest BCUT2D eigenvalue weighted by Crippen LogP contribution is -2.53. The summed E-state index contributed by atoms with van der Waals surface area (Å²) in [6, 6.07) is 9.30. The van der Waals surface area contributed by atoms with Crippen molar-refractivity contribution >= 4 is 41.1 Å². The molecule has 2 fully saturated rings. The third-order valence-corrected chi connectivity index (χ3v) is 7.70. The van der Waals surface area contributed by atoms with Crippen molar-refractivity contribution in [2.75, 3.05) is 49.5 Å². The summed E-state index contributed by atoms with van der Waals surface area (Å²) in [5.41, 5.74) is 0.750. The fourth-order valence-corrected chi connectivity index (χ4v) is 5.64. The average Bonchev–Trinajstić information content (AvgIpc) is 2.88. The van der Waals surface area contributed by atoms with Crippen molar-refractivity contribution in [1.82, 2.24) is 19.8 Å². The predicted octanol–water partition coefficient (Wildman–Crippen LogP) is 1.48. The molecule has 5 rings (SSSR count). The van der Waals surface area contributed by atoms with Crippen LogP contribution in [-0.2, 0) is 14.4 Å². The van der Waals surface area contributed by atoms with Crippen molar-refractivity contribution in [2.45, 2.75) is 23.0 Å². The standard InChI is InChI=1S/C23H26N6O3S/c30-20-19(33-18-5-2-1-4-17(18)26-20)22(32)27-10-6-16(7-11-27)21(31)28-12-14-29(15-13-28)23-24-8-3-9-25-23/h1-5,8-9,16,19H,6-7,10-15H2,(H,26,30). The largest absolute Gasteiger partial charge is 0.341 e. The third kappa shape index (κ3) is 4.52. The predicted molar refractivity (Wildman–Crippen MR) is 125 cm³/mol. The second-order valence-electron chi connectivity index (χ2n) is 8.44. The number of benzene rings is 1. The Bertz CT molecular complexity index is 1040. The molecular weight excluding hydrogens is 440 g/mol. The number of anilines is 2. The zero-order valence-electron chi connectivity index (χ0n) is 18.2. The Labute approximate surface area is 196 Å². The molecule has 1 unspecified atom stereocenters. The second kappa shape index (κ2) is 9.38. The van der Waals surface area contributed by atoms with Gasteiger partial charge in [-0.25, -0.2) is 9.97 Å². The second-order valence-corrected chi connectivity index (χ2v) is 9.59. The van der Waals surface area contributed by atoms with Crippen molar-refractivity contribution < 1.29 is 14.4 Å². The van der Waals surface area contributed by atoms with Crippen LogP contribution in [0.3, 0.4) is 0 Å². The SMILES string of the molecule is O=C1Nc2ccccc2SC1C(=O)N1CCC(C(=O)N2CCN(c3ncccn3)CC2)CC1. The van der Waals surface area contributed by atoms with Crippen LogP contribution in [0.5, 0.6) is 0 Å². The normalized spacial score (nSPS) is 21.4. The molecule has 10 heteroatoms. The van der Waals surface area contributed by atoms with Gasteiger partial charge in [0, 0.05) is 62.5 Å². The number of amides is 3. The molecule has 33 heavy (non-hydrogen) atoms. The molecule has 2 aromatic rings. The molecule has 1 N–H and O–H groups in total. The molecule has 0 bridgehead atoms. The summed E-state index contributed by atoms with van der Waals surface area (Å²) < 4.78 is 0. The molecule has 2 saturated heterocycles. The zero-order valence-corrected chi connectivity index (χ0v) is 19.0. The number of aromatic nitrogens is 2. The number of carbonyl (C=O) groups is 3. The van der Waals surface area contributed by atoms with Gasteiger partial charge in [0.1, 0.15) is 0 Å². The number of nitrogens with zero attached hydrogens (tertiary/aromatic N) is 5. The molecular formula is C23H26N6O3S. The number of thioether (sulfide) groups is 1. The number of likely N-dealkylation sites (tertiary alicyclic amines) is 1. The minimum atomic E-state index is -0.777. The first-order chi connectivity index (χ1) is 16.1. The average molecular weight is 467 g/mol. The molecule has 0 radical (unpaired) electrons. The molecule has 172 valence electrons. The highest BCUT2D eigenvalue weighted by atomic mass is 32.2. The molecule has 1 atom stereocenters. The maximum Gasteiger partial charge on any atom is 0.247 e. The highest BCUT2D eigenvalue weighted by molar-refractivity contribution is 8.01. The smallest absolute Gasteiger partial charge is 0.247 e. The molecule has 1 aromatic heterocycles. The summed E-state index contributed by atoms with van der Waals surface area (Å²) in [7, 11) is 0. The molecule has 3 amide bonds. The Kier molecular flexibility index (Phi) is 6.17. The number of carbonyl (C=O) groups excluding carboxylic acids is 3. The molecule has 4 heterocycles. The first kappa shape index (κ1) is 21.7. The lowest BCUT2D eigenvalue weighted by atomic mass is 9.94. The van der Waals surface area contributed by atoms with Gasteiger partial charge >= 0.3 is 0 Å². The van der Waals surface area contributed by atoms with Crippen LogP contribution in [-0.4, -0.2) is 82.0 Å². The number of fused-ring (bicyclic) bond motifs is 1. The lowest BCUT2D eigenvalue weighted by Gasteiger charge is -2.39. The minimum Gasteiger partial charge on any atom is -0.341 e. The van der Waals surface area contributed by atoms with E-state index in [1.165, 1.54) is 11.8 Å². The maximum absolute atomic E-state index is 13.1. The van der Waals surface area contributed by atoms with Crippen LogP contribution in [0.25, 0.3) is 0 Å². The van der Waals surface area contributed by atoms with E-state index < -0.39 is 5.25 Å². The van der Waals surface area contributed by atoms with Crippen LogP contribution in [0.15, 0.2) is 47.6 Å². The van der Waals surface area contributed by atoms with Gasteiger partial charge in [0.05, 0.1) is 5.69 Å². The van der Waals surface area contributed by atoms with Gasteiger partial charge in [0.25, 0.3) is 0 Å². The number of piperazine rings is 1. The Morgan fingerprint density at radius 1 is 0.879 bits per heavy atom. The number of para-hydroxylation sites is 1. The molecule has 3 aliphatic heterocycles. The highest BCUT2D eigenvalue weighted by Gasteiger charge is 2.38. The minimum absolute atomic E-state index is 0.0814. The van der Waals surface area contributed by atoms with Gasteiger partial charge < -0.3 is 20.0 Å².